The van der Waals surface area contributed by atoms with Gasteiger partial charge in [0.15, 0.2) is 12.3 Å². The summed E-state index contributed by atoms with van der Waals surface area (Å²) in [6, 6.07) is 6.69. The topological polar surface area (TPSA) is 129 Å². The van der Waals surface area contributed by atoms with Crippen molar-refractivity contribution in [1.29, 1.82) is 0 Å². The van der Waals surface area contributed by atoms with Crippen molar-refractivity contribution in [3.8, 4) is 5.75 Å². The second-order valence-electron chi connectivity index (χ2n) is 5.34. The summed E-state index contributed by atoms with van der Waals surface area (Å²) >= 11 is 0. The van der Waals surface area contributed by atoms with Gasteiger partial charge in [-0.2, -0.15) is 0 Å². The molecule has 1 aromatic carbocycles. The number of rotatable bonds is 7. The molecule has 0 aliphatic rings. The van der Waals surface area contributed by atoms with Crippen molar-refractivity contribution in [2.75, 3.05) is 19.5 Å². The van der Waals surface area contributed by atoms with E-state index in [0.29, 0.717) is 17.7 Å². The van der Waals surface area contributed by atoms with Crippen LogP contribution in [0.4, 0.5) is 11.5 Å². The molecule has 0 aliphatic heterocycles. The number of aromatic nitrogens is 2. The largest absolute Gasteiger partial charge is 0.482 e. The number of H-pyrrole nitrogens is 1. The standard InChI is InChI=1S/C17H20N4O5/c1-3-8-21-16(23)14(15(18)20-17(21)24)19-9-11-4-6-12(7-5-11)26-10-13(22)25-2/h4-7,9H,3,8,10,18H2,1-2H3,(H,20,24). The van der Waals surface area contributed by atoms with Crippen LogP contribution < -0.4 is 21.7 Å². The molecule has 0 unspecified atom stereocenters. The van der Waals surface area contributed by atoms with Crippen LogP contribution in [0.25, 0.3) is 0 Å². The number of carbonyl (C=O) groups excluding carboxylic acids is 1. The molecule has 0 spiro atoms. The maximum atomic E-state index is 12.3. The number of carbonyl (C=O) groups is 1. The van der Waals surface area contributed by atoms with Crippen LogP contribution in [-0.2, 0) is 16.1 Å². The molecule has 0 amide bonds. The summed E-state index contributed by atoms with van der Waals surface area (Å²) in [6.07, 6.45) is 2.08. The molecule has 2 rings (SSSR count). The molecule has 3 N–H and O–H groups in total. The molecule has 0 aliphatic carbocycles. The van der Waals surface area contributed by atoms with Gasteiger partial charge in [-0.05, 0) is 36.2 Å². The fourth-order valence-electron chi connectivity index (χ4n) is 2.12. The van der Waals surface area contributed by atoms with Gasteiger partial charge in [0.25, 0.3) is 5.56 Å². The fourth-order valence-corrected chi connectivity index (χ4v) is 2.12. The second kappa shape index (κ2) is 8.65. The summed E-state index contributed by atoms with van der Waals surface area (Å²) in [5.74, 6) is -0.0735. The number of aliphatic imine (C=N–C) groups is 1. The smallest absolute Gasteiger partial charge is 0.343 e. The normalized spacial score (nSPS) is 10.8. The van der Waals surface area contributed by atoms with Gasteiger partial charge in [-0.25, -0.2) is 14.6 Å². The molecular formula is C17H20N4O5. The Morgan fingerprint density at radius 2 is 2.00 bits per heavy atom. The number of ether oxygens (including phenoxy) is 2. The fraction of sp³-hybridized carbons (Fsp3) is 0.294. The number of hydrogen-bond acceptors (Lipinski definition) is 7. The van der Waals surface area contributed by atoms with E-state index in [-0.39, 0.29) is 24.7 Å². The molecular weight excluding hydrogens is 340 g/mol. The first-order chi connectivity index (χ1) is 12.5. The number of nitrogen functional groups attached to an aromatic ring is 1. The summed E-state index contributed by atoms with van der Waals surface area (Å²) in [6.45, 7) is 1.95. The van der Waals surface area contributed by atoms with Crippen LogP contribution in [0.5, 0.6) is 5.75 Å². The molecule has 9 heteroatoms. The quantitative estimate of drug-likeness (QED) is 0.556. The van der Waals surface area contributed by atoms with E-state index >= 15 is 0 Å². The van der Waals surface area contributed by atoms with E-state index in [9.17, 15) is 14.4 Å². The summed E-state index contributed by atoms with van der Waals surface area (Å²) in [7, 11) is 1.28. The first kappa shape index (κ1) is 19.0. The number of benzene rings is 1. The molecule has 138 valence electrons. The summed E-state index contributed by atoms with van der Waals surface area (Å²) in [5.41, 5.74) is 5.27. The van der Waals surface area contributed by atoms with Crippen molar-refractivity contribution in [2.24, 2.45) is 4.99 Å². The molecule has 1 aromatic heterocycles. The number of hydrogen-bond donors (Lipinski definition) is 2. The number of nitrogens with one attached hydrogen (secondary N) is 1. The molecule has 9 nitrogen and oxygen atoms in total. The molecule has 0 fully saturated rings. The lowest BCUT2D eigenvalue weighted by atomic mass is 10.2. The monoisotopic (exact) mass is 360 g/mol. The Morgan fingerprint density at radius 3 is 2.62 bits per heavy atom. The van der Waals surface area contributed by atoms with Crippen LogP contribution in [0, 0.1) is 0 Å². The van der Waals surface area contributed by atoms with E-state index in [2.05, 4.69) is 14.7 Å². The van der Waals surface area contributed by atoms with E-state index in [0.717, 1.165) is 4.57 Å². The van der Waals surface area contributed by atoms with E-state index in [1.54, 1.807) is 24.3 Å². The Labute approximate surface area is 149 Å². The molecule has 0 radical (unpaired) electrons. The maximum absolute atomic E-state index is 12.3. The number of nitrogens with zero attached hydrogens (tertiary/aromatic N) is 2. The maximum Gasteiger partial charge on any atom is 0.343 e. The van der Waals surface area contributed by atoms with Gasteiger partial charge in [0.1, 0.15) is 11.6 Å². The Bertz CT molecular complexity index is 912. The number of methoxy groups -OCH3 is 1. The van der Waals surface area contributed by atoms with Crippen LogP contribution in [0.3, 0.4) is 0 Å². The zero-order valence-corrected chi connectivity index (χ0v) is 14.5. The second-order valence-corrected chi connectivity index (χ2v) is 5.34. The van der Waals surface area contributed by atoms with Crippen LogP contribution in [0.15, 0.2) is 38.8 Å². The summed E-state index contributed by atoms with van der Waals surface area (Å²) in [4.78, 5) is 41.7. The first-order valence-corrected chi connectivity index (χ1v) is 7.92. The molecule has 2 aromatic rings. The molecule has 0 saturated carbocycles. The molecule has 0 saturated heterocycles. The third-order valence-electron chi connectivity index (χ3n) is 3.44. The highest BCUT2D eigenvalue weighted by Gasteiger charge is 2.10. The first-order valence-electron chi connectivity index (χ1n) is 7.92. The van der Waals surface area contributed by atoms with Crippen molar-refractivity contribution in [3.05, 3.63) is 50.7 Å². The minimum Gasteiger partial charge on any atom is -0.482 e. The minimum absolute atomic E-state index is 0.0240. The van der Waals surface area contributed by atoms with Gasteiger partial charge in [0, 0.05) is 12.8 Å². The van der Waals surface area contributed by atoms with E-state index in [1.165, 1.54) is 13.3 Å². The van der Waals surface area contributed by atoms with Crippen molar-refractivity contribution >= 4 is 23.7 Å². The third kappa shape index (κ3) is 4.59. The summed E-state index contributed by atoms with van der Waals surface area (Å²) < 4.78 is 10.8. The van der Waals surface area contributed by atoms with Crippen molar-refractivity contribution in [1.82, 2.24) is 9.55 Å². The highest BCUT2D eigenvalue weighted by Crippen LogP contribution is 2.14. The van der Waals surface area contributed by atoms with Crippen LogP contribution in [0.2, 0.25) is 0 Å². The van der Waals surface area contributed by atoms with Gasteiger partial charge in [-0.15, -0.1) is 0 Å². The third-order valence-corrected chi connectivity index (χ3v) is 3.44. The number of aromatic amines is 1. The van der Waals surface area contributed by atoms with Gasteiger partial charge in [-0.1, -0.05) is 6.92 Å². The Hall–Kier alpha value is -3.36. The highest BCUT2D eigenvalue weighted by atomic mass is 16.6. The Morgan fingerprint density at radius 1 is 1.31 bits per heavy atom. The zero-order chi connectivity index (χ0) is 19.1. The van der Waals surface area contributed by atoms with E-state index < -0.39 is 17.2 Å². The predicted molar refractivity (Wildman–Crippen MR) is 97.2 cm³/mol. The molecule has 0 atom stereocenters. The van der Waals surface area contributed by atoms with Gasteiger partial charge in [0.2, 0.25) is 0 Å². The van der Waals surface area contributed by atoms with E-state index in [1.807, 2.05) is 6.92 Å². The van der Waals surface area contributed by atoms with Crippen molar-refractivity contribution < 1.29 is 14.3 Å². The van der Waals surface area contributed by atoms with Gasteiger partial charge in [-0.3, -0.25) is 14.3 Å². The zero-order valence-electron chi connectivity index (χ0n) is 14.5. The predicted octanol–water partition coefficient (Wildman–Crippen LogP) is 0.831. The van der Waals surface area contributed by atoms with Gasteiger partial charge < -0.3 is 15.2 Å². The van der Waals surface area contributed by atoms with Crippen LogP contribution in [-0.4, -0.2) is 35.5 Å². The lowest BCUT2D eigenvalue weighted by Crippen LogP contribution is -2.35. The highest BCUT2D eigenvalue weighted by molar-refractivity contribution is 5.83. The number of anilines is 1. The molecule has 26 heavy (non-hydrogen) atoms. The lowest BCUT2D eigenvalue weighted by Gasteiger charge is -2.06. The van der Waals surface area contributed by atoms with Crippen molar-refractivity contribution in [3.63, 3.8) is 0 Å². The van der Waals surface area contributed by atoms with Gasteiger partial charge in [0.05, 0.1) is 7.11 Å². The van der Waals surface area contributed by atoms with E-state index in [4.69, 9.17) is 10.5 Å². The summed E-state index contributed by atoms with van der Waals surface area (Å²) in [5, 5.41) is 0. The molecule has 0 bridgehead atoms. The number of esters is 1. The van der Waals surface area contributed by atoms with Crippen LogP contribution >= 0.6 is 0 Å². The Balaban J connectivity index is 2.19. The SMILES string of the molecule is CCCn1c(=O)[nH]c(N)c(N=Cc2ccc(OCC(=O)OC)cc2)c1=O. The average molecular weight is 360 g/mol. The average Bonchev–Trinajstić information content (AvgIpc) is 2.63. The van der Waals surface area contributed by atoms with Crippen LogP contribution in [0.1, 0.15) is 18.9 Å². The molecule has 1 heterocycles. The Kier molecular flexibility index (Phi) is 6.31. The van der Waals surface area contributed by atoms with Gasteiger partial charge >= 0.3 is 11.7 Å². The minimum atomic E-state index is -0.555. The lowest BCUT2D eigenvalue weighted by molar-refractivity contribution is -0.142. The van der Waals surface area contributed by atoms with Crippen molar-refractivity contribution in [2.45, 2.75) is 19.9 Å². The number of nitrogens with two attached hydrogens (primary N) is 1.